The normalized spacial score (nSPS) is 11.9. The molecule has 3 rings (SSSR count). The fourth-order valence-corrected chi connectivity index (χ4v) is 2.97. The molecule has 1 aromatic carbocycles. The molecule has 0 saturated carbocycles. The number of amides is 1. The van der Waals surface area contributed by atoms with Crippen molar-refractivity contribution in [3.63, 3.8) is 0 Å². The summed E-state index contributed by atoms with van der Waals surface area (Å²) in [5, 5.41) is 21.7. The Bertz CT molecular complexity index is 1070. The topological polar surface area (TPSA) is 117 Å². The Morgan fingerprint density at radius 2 is 2.07 bits per heavy atom. The van der Waals surface area contributed by atoms with Gasteiger partial charge in [-0.3, -0.25) is 4.79 Å². The molecular formula is C20H24N6O4. The first-order chi connectivity index (χ1) is 14.2. The van der Waals surface area contributed by atoms with Crippen molar-refractivity contribution in [3.8, 4) is 5.75 Å². The Kier molecular flexibility index (Phi) is 6.14. The number of benzene rings is 1. The van der Waals surface area contributed by atoms with Gasteiger partial charge >= 0.3 is 5.82 Å². The molecule has 2 aromatic heterocycles. The maximum absolute atomic E-state index is 12.5. The molecule has 1 N–H and O–H groups in total. The highest BCUT2D eigenvalue weighted by Gasteiger charge is 2.21. The van der Waals surface area contributed by atoms with Gasteiger partial charge in [-0.1, -0.05) is 24.6 Å². The molecule has 2 heterocycles. The maximum atomic E-state index is 12.5. The van der Waals surface area contributed by atoms with Gasteiger partial charge in [-0.2, -0.15) is 9.78 Å². The number of nitro groups is 1. The minimum atomic E-state index is -0.553. The lowest BCUT2D eigenvalue weighted by molar-refractivity contribution is -0.389. The second-order valence-corrected chi connectivity index (χ2v) is 7.28. The van der Waals surface area contributed by atoms with Crippen molar-refractivity contribution in [2.45, 2.75) is 41.0 Å². The van der Waals surface area contributed by atoms with Crippen LogP contribution in [0.2, 0.25) is 0 Å². The number of aromatic nitrogens is 4. The number of carbonyl (C=O) groups is 1. The Morgan fingerprint density at radius 1 is 1.30 bits per heavy atom. The standard InChI is InChI=1S/C20H24N6O4/c1-13-5-6-18(14(2)7-13)30-12-24-11-17(9-21-24)22-20(27)15(3)10-25-16(4)8-19(23-25)26(28)29/h5-9,11,15H,10,12H2,1-4H3,(H,22,27). The molecule has 3 aromatic rings. The Hall–Kier alpha value is -3.69. The molecule has 1 amide bonds. The van der Waals surface area contributed by atoms with Crippen LogP contribution in [0.25, 0.3) is 0 Å². The molecule has 0 radical (unpaired) electrons. The zero-order chi connectivity index (χ0) is 21.8. The van der Waals surface area contributed by atoms with Gasteiger partial charge in [0.25, 0.3) is 0 Å². The van der Waals surface area contributed by atoms with E-state index in [1.54, 1.807) is 30.9 Å². The van der Waals surface area contributed by atoms with Gasteiger partial charge in [-0.15, -0.1) is 0 Å². The van der Waals surface area contributed by atoms with Crippen LogP contribution in [0.3, 0.4) is 0 Å². The van der Waals surface area contributed by atoms with Gasteiger partial charge in [0, 0.05) is 0 Å². The van der Waals surface area contributed by atoms with Crippen LogP contribution >= 0.6 is 0 Å². The highest BCUT2D eigenvalue weighted by atomic mass is 16.6. The molecule has 1 atom stereocenters. The van der Waals surface area contributed by atoms with E-state index >= 15 is 0 Å². The first kappa shape index (κ1) is 21.0. The number of carbonyl (C=O) groups excluding carboxylic acids is 1. The maximum Gasteiger partial charge on any atom is 0.390 e. The summed E-state index contributed by atoms with van der Waals surface area (Å²) < 4.78 is 8.82. The van der Waals surface area contributed by atoms with E-state index in [1.165, 1.54) is 10.7 Å². The van der Waals surface area contributed by atoms with Crippen LogP contribution in [0.15, 0.2) is 36.7 Å². The molecule has 1 unspecified atom stereocenters. The Balaban J connectivity index is 1.55. The number of nitrogens with one attached hydrogen (secondary N) is 1. The van der Waals surface area contributed by atoms with Crippen molar-refractivity contribution in [1.82, 2.24) is 19.6 Å². The lowest BCUT2D eigenvalue weighted by atomic mass is 10.1. The molecule has 10 heteroatoms. The quantitative estimate of drug-likeness (QED) is 0.448. The number of hydrogen-bond donors (Lipinski definition) is 1. The van der Waals surface area contributed by atoms with E-state index in [1.807, 2.05) is 32.0 Å². The molecule has 30 heavy (non-hydrogen) atoms. The highest BCUT2D eigenvalue weighted by Crippen LogP contribution is 2.19. The third kappa shape index (κ3) is 5.02. The van der Waals surface area contributed by atoms with Gasteiger partial charge in [0.2, 0.25) is 5.91 Å². The highest BCUT2D eigenvalue weighted by molar-refractivity contribution is 5.91. The van der Waals surface area contributed by atoms with E-state index in [4.69, 9.17) is 4.74 Å². The molecule has 0 aliphatic rings. The van der Waals surface area contributed by atoms with Crippen LogP contribution in [-0.4, -0.2) is 30.4 Å². The number of rotatable bonds is 8. The van der Waals surface area contributed by atoms with Gasteiger partial charge in [-0.05, 0) is 37.3 Å². The number of ether oxygens (including phenoxy) is 1. The molecule has 10 nitrogen and oxygen atoms in total. The molecule has 158 valence electrons. The van der Waals surface area contributed by atoms with E-state index in [-0.39, 0.29) is 25.0 Å². The van der Waals surface area contributed by atoms with E-state index in [9.17, 15) is 14.9 Å². The number of hydrogen-bond acceptors (Lipinski definition) is 6. The smallest absolute Gasteiger partial charge is 0.390 e. The molecule has 0 aliphatic carbocycles. The van der Waals surface area contributed by atoms with Crippen LogP contribution in [0.4, 0.5) is 11.5 Å². The van der Waals surface area contributed by atoms with E-state index in [2.05, 4.69) is 15.5 Å². The summed E-state index contributed by atoms with van der Waals surface area (Å²) in [6, 6.07) is 7.32. The molecule has 0 fully saturated rings. The predicted molar refractivity (Wildman–Crippen MR) is 110 cm³/mol. The van der Waals surface area contributed by atoms with E-state index in [0.717, 1.165) is 16.9 Å². The van der Waals surface area contributed by atoms with Gasteiger partial charge in [0.1, 0.15) is 5.75 Å². The van der Waals surface area contributed by atoms with E-state index < -0.39 is 10.8 Å². The average molecular weight is 412 g/mol. The molecule has 0 saturated heterocycles. The van der Waals surface area contributed by atoms with Gasteiger partial charge in [-0.25, -0.2) is 4.68 Å². The van der Waals surface area contributed by atoms with Crippen molar-refractivity contribution in [1.29, 1.82) is 0 Å². The second-order valence-electron chi connectivity index (χ2n) is 7.28. The Labute approximate surface area is 173 Å². The SMILES string of the molecule is Cc1ccc(OCn2cc(NC(=O)C(C)Cn3nc([N+](=O)[O-])cc3C)cn2)c(C)c1. The lowest BCUT2D eigenvalue weighted by Gasteiger charge is -2.10. The first-order valence-corrected chi connectivity index (χ1v) is 9.45. The molecular weight excluding hydrogens is 388 g/mol. The van der Waals surface area contributed by atoms with Crippen LogP contribution in [0, 0.1) is 36.8 Å². The van der Waals surface area contributed by atoms with Crippen LogP contribution in [0.5, 0.6) is 5.75 Å². The van der Waals surface area contributed by atoms with Crippen molar-refractivity contribution in [3.05, 3.63) is 63.6 Å². The summed E-state index contributed by atoms with van der Waals surface area (Å²) >= 11 is 0. The summed E-state index contributed by atoms with van der Waals surface area (Å²) in [5.74, 6) is -0.135. The Morgan fingerprint density at radius 3 is 2.73 bits per heavy atom. The van der Waals surface area contributed by atoms with Crippen LogP contribution < -0.4 is 10.1 Å². The summed E-state index contributed by atoms with van der Waals surface area (Å²) in [6.45, 7) is 7.89. The van der Waals surface area contributed by atoms with Crippen LogP contribution in [0.1, 0.15) is 23.7 Å². The largest absolute Gasteiger partial charge is 0.471 e. The van der Waals surface area contributed by atoms with Gasteiger partial charge in [0.05, 0.1) is 47.4 Å². The summed E-state index contributed by atoms with van der Waals surface area (Å²) in [4.78, 5) is 22.8. The molecule has 0 spiro atoms. The lowest BCUT2D eigenvalue weighted by Crippen LogP contribution is -2.25. The third-order valence-corrected chi connectivity index (χ3v) is 4.63. The van der Waals surface area contributed by atoms with Crippen molar-refractivity contribution in [2.75, 3.05) is 5.32 Å². The third-order valence-electron chi connectivity index (χ3n) is 4.63. The minimum absolute atomic E-state index is 0.214. The average Bonchev–Trinajstić information content (AvgIpc) is 3.27. The van der Waals surface area contributed by atoms with Gasteiger partial charge in [0.15, 0.2) is 6.73 Å². The zero-order valence-corrected chi connectivity index (χ0v) is 17.3. The van der Waals surface area contributed by atoms with Gasteiger partial charge < -0.3 is 20.2 Å². The first-order valence-electron chi connectivity index (χ1n) is 9.45. The van der Waals surface area contributed by atoms with Crippen molar-refractivity contribution < 1.29 is 14.5 Å². The summed E-state index contributed by atoms with van der Waals surface area (Å²) in [6.07, 6.45) is 3.22. The van der Waals surface area contributed by atoms with Crippen molar-refractivity contribution in [2.24, 2.45) is 5.92 Å². The van der Waals surface area contributed by atoms with E-state index in [0.29, 0.717) is 11.4 Å². The predicted octanol–water partition coefficient (Wildman–Crippen LogP) is 3.22. The minimum Gasteiger partial charge on any atom is -0.471 e. The van der Waals surface area contributed by atoms with Crippen molar-refractivity contribution >= 4 is 17.4 Å². The molecule has 0 bridgehead atoms. The fourth-order valence-electron chi connectivity index (χ4n) is 2.97. The summed E-state index contributed by atoms with van der Waals surface area (Å²) in [7, 11) is 0. The monoisotopic (exact) mass is 412 g/mol. The summed E-state index contributed by atoms with van der Waals surface area (Å²) in [5.41, 5.74) is 3.37. The number of nitrogens with zero attached hydrogens (tertiary/aromatic N) is 5. The zero-order valence-electron chi connectivity index (χ0n) is 17.3. The fraction of sp³-hybridized carbons (Fsp3) is 0.350. The second kappa shape index (κ2) is 8.76. The number of anilines is 1. The molecule has 0 aliphatic heterocycles. The number of aryl methyl sites for hydroxylation is 3. The van der Waals surface area contributed by atoms with Crippen LogP contribution in [-0.2, 0) is 18.1 Å².